The molecule has 0 aromatic rings. The topological polar surface area (TPSA) is 93.1 Å². The van der Waals surface area contributed by atoms with Gasteiger partial charge in [0.2, 0.25) is 0 Å². The Balaban J connectivity index is 5.17. The van der Waals surface area contributed by atoms with Crippen molar-refractivity contribution in [1.29, 1.82) is 0 Å². The van der Waals surface area contributed by atoms with Crippen LogP contribution in [-0.4, -0.2) is 55.4 Å². The summed E-state index contributed by atoms with van der Waals surface area (Å²) in [4.78, 5) is 23.7. The average molecular weight is 493 g/mol. The number of carbonyl (C=O) groups is 2. The summed E-state index contributed by atoms with van der Waals surface area (Å²) in [5, 5.41) is 19.4. The summed E-state index contributed by atoms with van der Waals surface area (Å²) in [7, 11) is -7.07. The molecule has 0 spiro atoms. The molecule has 0 amide bonds. The van der Waals surface area contributed by atoms with Gasteiger partial charge < -0.3 is 18.4 Å². The van der Waals surface area contributed by atoms with Gasteiger partial charge in [-0.15, -0.1) is 0 Å². The van der Waals surface area contributed by atoms with E-state index >= 15 is 0 Å². The number of hydrogen-bond donors (Lipinski definition) is 2. The maximum atomic E-state index is 11.8. The predicted octanol–water partition coefficient (Wildman–Crippen LogP) is 6.13. The molecule has 0 atom stereocenters. The lowest BCUT2D eigenvalue weighted by atomic mass is 10.00. The quantitative estimate of drug-likeness (QED) is 0.224. The van der Waals surface area contributed by atoms with E-state index in [0.717, 1.165) is 12.1 Å². The Morgan fingerprint density at radius 1 is 0.600 bits per heavy atom. The molecular formula is C20H44O6Si4. The van der Waals surface area contributed by atoms with Crippen molar-refractivity contribution in [3.05, 3.63) is 11.1 Å². The highest BCUT2D eigenvalue weighted by Crippen LogP contribution is 2.26. The summed E-state index contributed by atoms with van der Waals surface area (Å²) in [6, 6.07) is 1.65. The summed E-state index contributed by atoms with van der Waals surface area (Å²) in [5.74, 6) is -2.24. The summed E-state index contributed by atoms with van der Waals surface area (Å²) >= 11 is 0. The van der Waals surface area contributed by atoms with E-state index in [1.54, 1.807) is 0 Å². The Bertz CT molecular complexity index is 576. The number of carboxylic acid groups (broad SMARTS) is 2. The molecule has 0 bridgehead atoms. The summed E-state index contributed by atoms with van der Waals surface area (Å²) < 4.78 is 12.6. The highest BCUT2D eigenvalue weighted by molar-refractivity contribution is 6.84. The number of hydrogen-bond acceptors (Lipinski definition) is 4. The van der Waals surface area contributed by atoms with Crippen molar-refractivity contribution in [3.63, 3.8) is 0 Å². The molecule has 0 fully saturated rings. The fourth-order valence-electron chi connectivity index (χ4n) is 3.92. The highest BCUT2D eigenvalue weighted by atomic mass is 28.4. The molecular weight excluding hydrogens is 449 g/mol. The van der Waals surface area contributed by atoms with Crippen molar-refractivity contribution in [2.75, 3.05) is 0 Å². The molecule has 0 unspecified atom stereocenters. The van der Waals surface area contributed by atoms with Gasteiger partial charge in [0.1, 0.15) is 0 Å². The smallest absolute Gasteiger partial charge is 0.332 e. The molecule has 0 heterocycles. The first kappa shape index (κ1) is 29.5. The molecule has 10 heteroatoms. The zero-order valence-corrected chi connectivity index (χ0v) is 24.8. The molecule has 0 saturated heterocycles. The van der Waals surface area contributed by atoms with Crippen molar-refractivity contribution < 1.29 is 28.0 Å². The molecule has 0 rings (SSSR count). The van der Waals surface area contributed by atoms with Crippen molar-refractivity contribution in [3.8, 4) is 0 Å². The van der Waals surface area contributed by atoms with Crippen molar-refractivity contribution in [2.45, 2.75) is 103 Å². The Morgan fingerprint density at radius 3 is 1.07 bits per heavy atom. The van der Waals surface area contributed by atoms with E-state index in [-0.39, 0.29) is 24.0 Å². The molecule has 0 aliphatic rings. The van der Waals surface area contributed by atoms with Crippen molar-refractivity contribution >= 4 is 45.2 Å². The molecule has 0 aliphatic carbocycles. The minimum atomic E-state index is -1.88. The third kappa shape index (κ3) is 13.7. The summed E-state index contributed by atoms with van der Waals surface area (Å²) in [6.45, 7) is 21.5. The van der Waals surface area contributed by atoms with Gasteiger partial charge in [0.05, 0.1) is 0 Å². The van der Waals surface area contributed by atoms with Crippen molar-refractivity contribution in [2.24, 2.45) is 0 Å². The Labute approximate surface area is 187 Å². The molecule has 6 nitrogen and oxygen atoms in total. The van der Waals surface area contributed by atoms with Crippen LogP contribution in [0.5, 0.6) is 0 Å². The van der Waals surface area contributed by atoms with Crippen LogP contribution in [0.3, 0.4) is 0 Å². The van der Waals surface area contributed by atoms with E-state index in [1.807, 2.05) is 0 Å². The van der Waals surface area contributed by atoms with Gasteiger partial charge in [0.15, 0.2) is 33.3 Å². The molecule has 0 radical (unpaired) electrons. The van der Waals surface area contributed by atoms with Crippen LogP contribution < -0.4 is 0 Å². The van der Waals surface area contributed by atoms with Crippen LogP contribution in [0.1, 0.15) is 25.7 Å². The molecule has 2 N–H and O–H groups in total. The van der Waals surface area contributed by atoms with Crippen LogP contribution >= 0.6 is 0 Å². The number of carboxylic acids is 2. The van der Waals surface area contributed by atoms with Crippen molar-refractivity contribution in [1.82, 2.24) is 0 Å². The molecule has 0 saturated carbocycles. The SMILES string of the molecule is C[Si](C)(C)O[Si](C)(C)CCCC(C(=O)O)=C(CCC[Si](C)(C)O[Si](C)(C)C)C(=O)O. The first-order valence-electron chi connectivity index (χ1n) is 10.8. The second kappa shape index (κ2) is 11.4. The third-order valence-corrected chi connectivity index (χ3v) is 16.9. The van der Waals surface area contributed by atoms with E-state index in [9.17, 15) is 19.8 Å². The fraction of sp³-hybridized carbons (Fsp3) is 0.800. The van der Waals surface area contributed by atoms with Gasteiger partial charge >= 0.3 is 11.9 Å². The van der Waals surface area contributed by atoms with Crippen LogP contribution in [-0.2, 0) is 17.8 Å². The van der Waals surface area contributed by atoms with Crippen LogP contribution in [0.4, 0.5) is 0 Å². The maximum Gasteiger partial charge on any atom is 0.332 e. The predicted molar refractivity (Wildman–Crippen MR) is 134 cm³/mol. The normalized spacial score (nSPS) is 14.5. The van der Waals surface area contributed by atoms with E-state index < -0.39 is 45.2 Å². The Hall–Kier alpha value is -0.532. The molecule has 0 aromatic carbocycles. The zero-order chi connectivity index (χ0) is 24.0. The highest BCUT2D eigenvalue weighted by Gasteiger charge is 2.31. The standard InChI is InChI=1S/C20H44O6Si4/c1-27(2,3)25-29(7,8)15-11-13-17(19(21)22)18(20(23)24)14-12-16-30(9,10)26-28(4,5)6/h11-16H2,1-10H3,(H,21,22)(H,23,24). The average Bonchev–Trinajstić information content (AvgIpc) is 2.43. The third-order valence-electron chi connectivity index (χ3n) is 4.46. The van der Waals surface area contributed by atoms with E-state index in [1.165, 1.54) is 0 Å². The lowest BCUT2D eigenvalue weighted by Gasteiger charge is -2.32. The van der Waals surface area contributed by atoms with Gasteiger partial charge in [-0.2, -0.15) is 0 Å². The minimum absolute atomic E-state index is 0.0471. The van der Waals surface area contributed by atoms with Crippen LogP contribution in [0.2, 0.25) is 77.6 Å². The van der Waals surface area contributed by atoms with Gasteiger partial charge in [-0.1, -0.05) is 0 Å². The second-order valence-corrected chi connectivity index (χ2v) is 29.3. The van der Waals surface area contributed by atoms with Gasteiger partial charge in [-0.05, 0) is 103 Å². The van der Waals surface area contributed by atoms with Gasteiger partial charge in [0, 0.05) is 11.1 Å². The van der Waals surface area contributed by atoms with Gasteiger partial charge in [0.25, 0.3) is 0 Å². The Morgan fingerprint density at radius 2 is 0.867 bits per heavy atom. The summed E-state index contributed by atoms with van der Waals surface area (Å²) in [5.41, 5.74) is 0.0942. The zero-order valence-electron chi connectivity index (χ0n) is 20.8. The lowest BCUT2D eigenvalue weighted by molar-refractivity contribution is -0.136. The minimum Gasteiger partial charge on any atom is -0.478 e. The first-order valence-corrected chi connectivity index (χ1v) is 23.9. The van der Waals surface area contributed by atoms with Crippen LogP contribution in [0, 0.1) is 0 Å². The van der Waals surface area contributed by atoms with E-state index in [2.05, 4.69) is 65.5 Å². The number of aliphatic carboxylic acids is 2. The second-order valence-electron chi connectivity index (χ2n) is 11.2. The van der Waals surface area contributed by atoms with Crippen LogP contribution in [0.25, 0.3) is 0 Å². The first-order chi connectivity index (χ1) is 13.2. The molecule has 30 heavy (non-hydrogen) atoms. The van der Waals surface area contributed by atoms with E-state index in [4.69, 9.17) is 8.23 Å². The largest absolute Gasteiger partial charge is 0.478 e. The van der Waals surface area contributed by atoms with E-state index in [0.29, 0.717) is 12.8 Å². The van der Waals surface area contributed by atoms with Gasteiger partial charge in [-0.3, -0.25) is 0 Å². The van der Waals surface area contributed by atoms with Gasteiger partial charge in [-0.25, -0.2) is 9.59 Å². The monoisotopic (exact) mass is 492 g/mol. The maximum absolute atomic E-state index is 11.8. The summed E-state index contributed by atoms with van der Waals surface area (Å²) in [6.07, 6.45) is 1.82. The molecule has 0 aliphatic heterocycles. The lowest BCUT2D eigenvalue weighted by Crippen LogP contribution is -2.42. The van der Waals surface area contributed by atoms with Crippen LogP contribution in [0.15, 0.2) is 11.1 Å². The number of rotatable bonds is 14. The molecule has 176 valence electrons. The Kier molecular flexibility index (Phi) is 11.2. The molecule has 0 aromatic heterocycles. The fourth-order valence-corrected chi connectivity index (χ4v) is 20.1.